The number of aromatic nitrogens is 2. The van der Waals surface area contributed by atoms with Gasteiger partial charge in [-0.25, -0.2) is 9.97 Å². The van der Waals surface area contributed by atoms with E-state index in [0.29, 0.717) is 0 Å². The summed E-state index contributed by atoms with van der Waals surface area (Å²) in [6.45, 7) is 2.93. The zero-order valence-electron chi connectivity index (χ0n) is 11.7. The number of nitrogens with one attached hydrogen (secondary N) is 1. The average Bonchev–Trinajstić information content (AvgIpc) is 2.92. The molecule has 0 amide bonds. The second-order valence-corrected chi connectivity index (χ2v) is 4.51. The number of rotatable bonds is 6. The second kappa shape index (κ2) is 6.22. The van der Waals surface area contributed by atoms with E-state index in [4.69, 9.17) is 4.42 Å². The summed E-state index contributed by atoms with van der Waals surface area (Å²) in [5.41, 5.74) is 2.30. The van der Waals surface area contributed by atoms with Gasteiger partial charge in [-0.1, -0.05) is 13.3 Å². The van der Waals surface area contributed by atoms with Crippen LogP contribution in [0.2, 0.25) is 0 Å². The Morgan fingerprint density at radius 1 is 1.37 bits per heavy atom. The third kappa shape index (κ3) is 3.05. The lowest BCUT2D eigenvalue weighted by Crippen LogP contribution is -2.20. The van der Waals surface area contributed by atoms with Crippen LogP contribution in [0.4, 0.5) is 11.6 Å². The Labute approximate surface area is 113 Å². The van der Waals surface area contributed by atoms with E-state index in [1.165, 1.54) is 5.56 Å². The number of hydrogen-bond donors (Lipinski definition) is 1. The van der Waals surface area contributed by atoms with Crippen LogP contribution in [0, 0.1) is 0 Å². The van der Waals surface area contributed by atoms with Crippen LogP contribution in [0.5, 0.6) is 0 Å². The molecule has 0 atom stereocenters. The molecule has 0 aliphatic carbocycles. The summed E-state index contributed by atoms with van der Waals surface area (Å²) in [5.74, 6) is 1.88. The van der Waals surface area contributed by atoms with Crippen molar-refractivity contribution in [1.82, 2.24) is 9.97 Å². The smallest absolute Gasteiger partial charge is 0.137 e. The molecule has 2 heterocycles. The number of hydrogen-bond acceptors (Lipinski definition) is 5. The molecular weight excluding hydrogens is 240 g/mol. The molecule has 0 aliphatic rings. The fraction of sp³-hybridized carbons (Fsp3) is 0.429. The van der Waals surface area contributed by atoms with Crippen LogP contribution >= 0.6 is 0 Å². The minimum atomic E-state index is 0.771. The van der Waals surface area contributed by atoms with Crippen LogP contribution in [0.15, 0.2) is 29.3 Å². The van der Waals surface area contributed by atoms with Gasteiger partial charge in [0.15, 0.2) is 0 Å². The molecule has 19 heavy (non-hydrogen) atoms. The lowest BCUT2D eigenvalue weighted by atomic mass is 10.1. The van der Waals surface area contributed by atoms with Gasteiger partial charge in [-0.2, -0.15) is 0 Å². The maximum Gasteiger partial charge on any atom is 0.137 e. The summed E-state index contributed by atoms with van der Waals surface area (Å²) >= 11 is 0. The molecule has 0 saturated heterocycles. The van der Waals surface area contributed by atoms with E-state index in [1.807, 2.05) is 20.2 Å². The van der Waals surface area contributed by atoms with Crippen molar-refractivity contribution in [2.24, 2.45) is 0 Å². The highest BCUT2D eigenvalue weighted by Gasteiger charge is 2.14. The fourth-order valence-electron chi connectivity index (χ4n) is 2.16. The van der Waals surface area contributed by atoms with E-state index in [1.54, 1.807) is 18.9 Å². The van der Waals surface area contributed by atoms with Crippen molar-refractivity contribution in [2.75, 3.05) is 24.3 Å². The van der Waals surface area contributed by atoms with Crippen molar-refractivity contribution in [3.8, 4) is 0 Å². The Kier molecular flexibility index (Phi) is 4.39. The molecule has 102 valence electrons. The van der Waals surface area contributed by atoms with Gasteiger partial charge in [-0.05, 0) is 12.5 Å². The maximum atomic E-state index is 5.10. The zero-order valence-corrected chi connectivity index (χ0v) is 11.7. The average molecular weight is 260 g/mol. The monoisotopic (exact) mass is 260 g/mol. The SMILES string of the molecule is CCCc1c(NC)ncnc1N(C)Cc1ccoc1. The van der Waals surface area contributed by atoms with Gasteiger partial charge in [0, 0.05) is 31.8 Å². The standard InChI is InChI=1S/C14H20N4O/c1-4-5-12-13(15-2)16-10-17-14(12)18(3)8-11-6-7-19-9-11/h6-7,9-10H,4-5,8H2,1-3H3,(H,15,16,17). The van der Waals surface area contributed by atoms with E-state index in [2.05, 4.69) is 27.1 Å². The van der Waals surface area contributed by atoms with E-state index in [0.717, 1.165) is 36.6 Å². The molecule has 2 aromatic heterocycles. The molecule has 0 unspecified atom stereocenters. The maximum absolute atomic E-state index is 5.10. The molecule has 1 N–H and O–H groups in total. The number of anilines is 2. The molecule has 0 fully saturated rings. The van der Waals surface area contributed by atoms with Crippen molar-refractivity contribution >= 4 is 11.6 Å². The van der Waals surface area contributed by atoms with E-state index >= 15 is 0 Å². The van der Waals surface area contributed by atoms with Crippen molar-refractivity contribution in [2.45, 2.75) is 26.3 Å². The van der Waals surface area contributed by atoms with Crippen molar-refractivity contribution < 1.29 is 4.42 Å². The third-order valence-electron chi connectivity index (χ3n) is 3.02. The van der Waals surface area contributed by atoms with Gasteiger partial charge in [-0.3, -0.25) is 0 Å². The van der Waals surface area contributed by atoms with Gasteiger partial charge >= 0.3 is 0 Å². The summed E-state index contributed by atoms with van der Waals surface area (Å²) in [7, 11) is 3.93. The van der Waals surface area contributed by atoms with Crippen molar-refractivity contribution in [3.63, 3.8) is 0 Å². The minimum Gasteiger partial charge on any atom is -0.472 e. The summed E-state index contributed by atoms with van der Waals surface area (Å²) in [6, 6.07) is 1.97. The predicted molar refractivity (Wildman–Crippen MR) is 76.4 cm³/mol. The quantitative estimate of drug-likeness (QED) is 0.865. The van der Waals surface area contributed by atoms with Crippen LogP contribution < -0.4 is 10.2 Å². The van der Waals surface area contributed by atoms with E-state index in [9.17, 15) is 0 Å². The Morgan fingerprint density at radius 2 is 2.21 bits per heavy atom. The van der Waals surface area contributed by atoms with Crippen LogP contribution in [0.1, 0.15) is 24.5 Å². The molecule has 5 heteroatoms. The van der Waals surface area contributed by atoms with Crippen LogP contribution in [0.25, 0.3) is 0 Å². The molecule has 0 aromatic carbocycles. The van der Waals surface area contributed by atoms with E-state index in [-0.39, 0.29) is 0 Å². The first-order chi connectivity index (χ1) is 9.26. The molecule has 2 aromatic rings. The molecular formula is C14H20N4O. The molecule has 0 spiro atoms. The minimum absolute atomic E-state index is 0.771. The molecule has 0 bridgehead atoms. The summed E-state index contributed by atoms with van der Waals surface area (Å²) < 4.78 is 5.10. The third-order valence-corrected chi connectivity index (χ3v) is 3.02. The Bertz CT molecular complexity index is 510. The highest BCUT2D eigenvalue weighted by atomic mass is 16.3. The normalized spacial score (nSPS) is 10.5. The van der Waals surface area contributed by atoms with Gasteiger partial charge < -0.3 is 14.6 Å². The van der Waals surface area contributed by atoms with Gasteiger partial charge in [0.2, 0.25) is 0 Å². The summed E-state index contributed by atoms with van der Waals surface area (Å²) in [6.07, 6.45) is 7.08. The van der Waals surface area contributed by atoms with Crippen molar-refractivity contribution in [1.29, 1.82) is 0 Å². The Hall–Kier alpha value is -2.04. The molecule has 0 aliphatic heterocycles. The lowest BCUT2D eigenvalue weighted by molar-refractivity contribution is 0.563. The lowest BCUT2D eigenvalue weighted by Gasteiger charge is -2.21. The molecule has 5 nitrogen and oxygen atoms in total. The number of furan rings is 1. The van der Waals surface area contributed by atoms with Gasteiger partial charge in [0.1, 0.15) is 18.0 Å². The second-order valence-electron chi connectivity index (χ2n) is 4.51. The first kappa shape index (κ1) is 13.4. The van der Waals surface area contributed by atoms with Crippen LogP contribution in [-0.4, -0.2) is 24.1 Å². The highest BCUT2D eigenvalue weighted by molar-refractivity contribution is 5.58. The predicted octanol–water partition coefficient (Wildman–Crippen LogP) is 2.70. The molecule has 0 radical (unpaired) electrons. The zero-order chi connectivity index (χ0) is 13.7. The van der Waals surface area contributed by atoms with Gasteiger partial charge in [0.25, 0.3) is 0 Å². The first-order valence-electron chi connectivity index (χ1n) is 6.50. The van der Waals surface area contributed by atoms with Crippen LogP contribution in [-0.2, 0) is 13.0 Å². The van der Waals surface area contributed by atoms with Crippen molar-refractivity contribution in [3.05, 3.63) is 36.0 Å². The molecule has 0 saturated carbocycles. The highest BCUT2D eigenvalue weighted by Crippen LogP contribution is 2.25. The first-order valence-corrected chi connectivity index (χ1v) is 6.50. The summed E-state index contributed by atoms with van der Waals surface area (Å²) in [5, 5.41) is 3.14. The summed E-state index contributed by atoms with van der Waals surface area (Å²) in [4.78, 5) is 10.8. The number of nitrogens with zero attached hydrogens (tertiary/aromatic N) is 3. The fourth-order valence-corrected chi connectivity index (χ4v) is 2.16. The molecule has 2 rings (SSSR count). The van der Waals surface area contributed by atoms with Gasteiger partial charge in [0.05, 0.1) is 12.5 Å². The topological polar surface area (TPSA) is 54.2 Å². The Balaban J connectivity index is 2.27. The van der Waals surface area contributed by atoms with Crippen LogP contribution in [0.3, 0.4) is 0 Å². The van der Waals surface area contributed by atoms with Gasteiger partial charge in [-0.15, -0.1) is 0 Å². The van der Waals surface area contributed by atoms with E-state index < -0.39 is 0 Å². The largest absolute Gasteiger partial charge is 0.472 e. The Morgan fingerprint density at radius 3 is 2.84 bits per heavy atom.